The lowest BCUT2D eigenvalue weighted by Crippen LogP contribution is -2.43. The van der Waals surface area contributed by atoms with Gasteiger partial charge in [0.1, 0.15) is 6.10 Å². The van der Waals surface area contributed by atoms with Gasteiger partial charge in [-0.15, -0.1) is 0 Å². The highest BCUT2D eigenvalue weighted by Gasteiger charge is 2.42. The highest BCUT2D eigenvalue weighted by molar-refractivity contribution is 5.76. The Morgan fingerprint density at radius 2 is 1.88 bits per heavy atom. The lowest BCUT2D eigenvalue weighted by atomic mass is 9.65. The minimum Gasteiger partial charge on any atom is -0.466 e. The van der Waals surface area contributed by atoms with E-state index in [4.69, 9.17) is 9.47 Å². The molecule has 0 unspecified atom stereocenters. The lowest BCUT2D eigenvalue weighted by molar-refractivity contribution is -0.164. The number of aliphatic hydroxyl groups is 2. The van der Waals surface area contributed by atoms with Crippen molar-refractivity contribution in [2.24, 2.45) is 29.1 Å². The largest absolute Gasteiger partial charge is 0.466 e. The fourth-order valence-corrected chi connectivity index (χ4v) is 4.98. The number of rotatable bonds is 11. The van der Waals surface area contributed by atoms with Crippen LogP contribution >= 0.6 is 0 Å². The fourth-order valence-electron chi connectivity index (χ4n) is 4.98. The maximum Gasteiger partial charge on any atom is 0.311 e. The van der Waals surface area contributed by atoms with Gasteiger partial charge in [-0.25, -0.2) is 0 Å². The van der Waals surface area contributed by atoms with Gasteiger partial charge in [0.25, 0.3) is 0 Å². The summed E-state index contributed by atoms with van der Waals surface area (Å²) in [6.07, 6.45) is 7.70. The summed E-state index contributed by atoms with van der Waals surface area (Å²) in [4.78, 5) is 24.5. The summed E-state index contributed by atoms with van der Waals surface area (Å²) in [5.74, 6) is 0.363. The molecule has 0 aromatic rings. The minimum atomic E-state index is -0.918. The van der Waals surface area contributed by atoms with E-state index in [1.807, 2.05) is 20.8 Å². The van der Waals surface area contributed by atoms with Crippen molar-refractivity contribution in [3.8, 4) is 0 Å². The third-order valence-corrected chi connectivity index (χ3v) is 7.38. The summed E-state index contributed by atoms with van der Waals surface area (Å²) in [5, 5.41) is 20.7. The number of hydrogen-bond acceptors (Lipinski definition) is 6. The molecule has 2 aliphatic carbocycles. The topological polar surface area (TPSA) is 93.1 Å². The van der Waals surface area contributed by atoms with E-state index in [2.05, 4.69) is 32.1 Å². The van der Waals surface area contributed by atoms with Crippen molar-refractivity contribution < 1.29 is 29.3 Å². The van der Waals surface area contributed by atoms with Crippen molar-refractivity contribution in [3.63, 3.8) is 0 Å². The molecule has 188 valence electrons. The molecule has 0 fully saturated rings. The van der Waals surface area contributed by atoms with Crippen LogP contribution in [0, 0.1) is 29.1 Å². The molecule has 2 rings (SSSR count). The maximum atomic E-state index is 12.9. The van der Waals surface area contributed by atoms with Crippen molar-refractivity contribution in [2.45, 2.75) is 98.4 Å². The van der Waals surface area contributed by atoms with Crippen LogP contribution in [-0.2, 0) is 19.1 Å². The maximum absolute atomic E-state index is 12.9. The van der Waals surface area contributed by atoms with E-state index in [9.17, 15) is 19.8 Å². The van der Waals surface area contributed by atoms with Gasteiger partial charge in [0.2, 0.25) is 0 Å². The molecule has 6 heteroatoms. The van der Waals surface area contributed by atoms with E-state index in [1.165, 1.54) is 5.57 Å². The average Bonchev–Trinajstić information content (AvgIpc) is 2.72. The predicted octanol–water partition coefficient (Wildman–Crippen LogP) is 4.58. The average molecular weight is 465 g/mol. The smallest absolute Gasteiger partial charge is 0.311 e. The van der Waals surface area contributed by atoms with Gasteiger partial charge in [0.15, 0.2) is 0 Å². The molecule has 0 saturated carbocycles. The zero-order valence-electron chi connectivity index (χ0n) is 21.3. The van der Waals surface area contributed by atoms with Crippen LogP contribution in [0.25, 0.3) is 0 Å². The van der Waals surface area contributed by atoms with Gasteiger partial charge in [0, 0.05) is 5.92 Å². The van der Waals surface area contributed by atoms with Gasteiger partial charge in [-0.3, -0.25) is 9.59 Å². The molecule has 7 atom stereocenters. The normalized spacial score (nSPS) is 29.0. The first-order valence-corrected chi connectivity index (χ1v) is 12.6. The van der Waals surface area contributed by atoms with E-state index in [0.29, 0.717) is 12.3 Å². The molecular weight excluding hydrogens is 420 g/mol. The quantitative estimate of drug-likeness (QED) is 0.435. The summed E-state index contributed by atoms with van der Waals surface area (Å²) in [5.41, 5.74) is 0.710. The molecule has 0 aliphatic heterocycles. The molecule has 0 heterocycles. The van der Waals surface area contributed by atoms with Gasteiger partial charge in [-0.2, -0.15) is 0 Å². The van der Waals surface area contributed by atoms with Crippen molar-refractivity contribution in [1.29, 1.82) is 0 Å². The number of hydrogen-bond donors (Lipinski definition) is 2. The Morgan fingerprint density at radius 1 is 1.18 bits per heavy atom. The molecule has 6 nitrogen and oxygen atoms in total. The number of allylic oxidation sites excluding steroid dienone is 3. The second-order valence-electron chi connectivity index (χ2n) is 10.6. The van der Waals surface area contributed by atoms with Crippen LogP contribution in [0.4, 0.5) is 0 Å². The molecule has 0 aromatic heterocycles. The Bertz CT molecular complexity index is 724. The minimum absolute atomic E-state index is 0.105. The van der Waals surface area contributed by atoms with E-state index >= 15 is 0 Å². The fraction of sp³-hybridized carbons (Fsp3) is 0.778. The zero-order valence-corrected chi connectivity index (χ0v) is 21.3. The number of ether oxygens (including phenoxy) is 2. The Hall–Kier alpha value is -1.66. The van der Waals surface area contributed by atoms with E-state index in [-0.39, 0.29) is 49.3 Å². The lowest BCUT2D eigenvalue weighted by Gasteiger charge is -2.44. The highest BCUT2D eigenvalue weighted by Crippen LogP contribution is 2.45. The summed E-state index contributed by atoms with van der Waals surface area (Å²) in [6.45, 7) is 12.2. The highest BCUT2D eigenvalue weighted by atomic mass is 16.5. The van der Waals surface area contributed by atoms with Crippen LogP contribution in [0.5, 0.6) is 0 Å². The molecule has 0 radical (unpaired) electrons. The van der Waals surface area contributed by atoms with E-state index in [1.54, 1.807) is 6.92 Å². The van der Waals surface area contributed by atoms with E-state index in [0.717, 1.165) is 19.3 Å². The molecular formula is C27H44O6. The van der Waals surface area contributed by atoms with Crippen LogP contribution in [0.3, 0.4) is 0 Å². The molecule has 0 spiro atoms. The number of carbonyl (C=O) groups is 2. The molecule has 2 N–H and O–H groups in total. The van der Waals surface area contributed by atoms with Crippen LogP contribution in [0.2, 0.25) is 0 Å². The predicted molar refractivity (Wildman–Crippen MR) is 128 cm³/mol. The molecule has 2 aliphatic rings. The number of esters is 2. The summed E-state index contributed by atoms with van der Waals surface area (Å²) in [7, 11) is 0. The standard InChI is InChI=1S/C27H44O6/c1-7-27(5,6)26(31)33-23-14-17(3)13-19-10-9-18(4)22(25(19)23)12-11-20(28)15-21(29)16-24(30)32-8-2/h9-10,13,17-18,20-23,25,28-29H,7-8,11-12,14-16H2,1-6H3/t17-,18-,20+,21+,22-,23-,25-/m0/s1. The van der Waals surface area contributed by atoms with Crippen molar-refractivity contribution in [2.75, 3.05) is 6.61 Å². The SMILES string of the molecule is CCOC(=O)C[C@H](O)C[C@H](O)CC[C@@H]1[C@@H]2C(=C[C@H](C)C[C@@H]2OC(=O)C(C)(C)CC)C=C[C@@H]1C. The van der Waals surface area contributed by atoms with Crippen molar-refractivity contribution in [1.82, 2.24) is 0 Å². The van der Waals surface area contributed by atoms with Crippen LogP contribution < -0.4 is 0 Å². The molecule has 0 saturated heterocycles. The Labute approximate surface area is 199 Å². The first-order chi connectivity index (χ1) is 15.5. The summed E-state index contributed by atoms with van der Waals surface area (Å²) >= 11 is 0. The second kappa shape index (κ2) is 12.2. The number of carbonyl (C=O) groups excluding carboxylic acids is 2. The Kier molecular flexibility index (Phi) is 10.2. The first kappa shape index (κ1) is 27.6. The first-order valence-electron chi connectivity index (χ1n) is 12.6. The number of aliphatic hydroxyl groups excluding tert-OH is 2. The van der Waals surface area contributed by atoms with E-state index < -0.39 is 23.6 Å². The third-order valence-electron chi connectivity index (χ3n) is 7.38. The van der Waals surface area contributed by atoms with Crippen molar-refractivity contribution >= 4 is 11.9 Å². The van der Waals surface area contributed by atoms with Crippen LogP contribution in [-0.4, -0.2) is 47.1 Å². The molecule has 0 aromatic carbocycles. The monoisotopic (exact) mass is 464 g/mol. The Morgan fingerprint density at radius 3 is 2.52 bits per heavy atom. The number of fused-ring (bicyclic) bond motifs is 1. The summed E-state index contributed by atoms with van der Waals surface area (Å²) < 4.78 is 11.0. The second-order valence-corrected chi connectivity index (χ2v) is 10.6. The van der Waals surface area contributed by atoms with Gasteiger partial charge in [-0.05, 0) is 76.2 Å². The molecule has 33 heavy (non-hydrogen) atoms. The molecule has 0 amide bonds. The van der Waals surface area contributed by atoms with Crippen LogP contribution in [0.15, 0.2) is 23.8 Å². The molecule has 0 bridgehead atoms. The van der Waals surface area contributed by atoms with Gasteiger partial charge in [-0.1, -0.05) is 39.0 Å². The third kappa shape index (κ3) is 7.68. The van der Waals surface area contributed by atoms with Crippen molar-refractivity contribution in [3.05, 3.63) is 23.8 Å². The zero-order chi connectivity index (χ0) is 24.8. The van der Waals surface area contributed by atoms with Crippen LogP contribution in [0.1, 0.15) is 80.1 Å². The van der Waals surface area contributed by atoms with Gasteiger partial charge in [0.05, 0.1) is 30.7 Å². The van der Waals surface area contributed by atoms with Gasteiger partial charge < -0.3 is 19.7 Å². The Balaban J connectivity index is 2.07. The summed E-state index contributed by atoms with van der Waals surface area (Å²) in [6, 6.07) is 0. The van der Waals surface area contributed by atoms with Gasteiger partial charge >= 0.3 is 11.9 Å².